The Hall–Kier alpha value is -2.34. The van der Waals surface area contributed by atoms with Gasteiger partial charge in [-0.1, -0.05) is 31.2 Å². The van der Waals surface area contributed by atoms with Gasteiger partial charge in [0.25, 0.3) is 0 Å². The van der Waals surface area contributed by atoms with E-state index in [-0.39, 0.29) is 24.9 Å². The van der Waals surface area contributed by atoms with Crippen LogP contribution in [-0.2, 0) is 14.8 Å². The van der Waals surface area contributed by atoms with E-state index in [1.165, 1.54) is 21.7 Å². The lowest BCUT2D eigenvalue weighted by atomic mass is 9.99. The summed E-state index contributed by atoms with van der Waals surface area (Å²) in [6.45, 7) is 10.4. The molecule has 0 spiro atoms. The number of benzene rings is 2. The van der Waals surface area contributed by atoms with Crippen LogP contribution in [0.2, 0.25) is 0 Å². The molecule has 0 radical (unpaired) electrons. The first-order chi connectivity index (χ1) is 14.0. The van der Waals surface area contributed by atoms with Crippen molar-refractivity contribution in [2.24, 2.45) is 0 Å². The van der Waals surface area contributed by atoms with Gasteiger partial charge in [-0.25, -0.2) is 8.42 Å². The van der Waals surface area contributed by atoms with E-state index in [4.69, 9.17) is 0 Å². The second kappa shape index (κ2) is 10.1. The molecule has 30 heavy (non-hydrogen) atoms. The average Bonchev–Trinajstić information content (AvgIpc) is 2.63. The number of nitrogens with one attached hydrogen (secondary N) is 1. The number of hydrogen-bond acceptors (Lipinski definition) is 3. The van der Waals surface area contributed by atoms with Gasteiger partial charge in [0.2, 0.25) is 15.9 Å². The van der Waals surface area contributed by atoms with Crippen LogP contribution in [0.3, 0.4) is 0 Å². The lowest BCUT2D eigenvalue weighted by Crippen LogP contribution is -2.33. The van der Waals surface area contributed by atoms with Crippen molar-refractivity contribution in [3.8, 4) is 0 Å². The van der Waals surface area contributed by atoms with E-state index in [9.17, 15) is 13.2 Å². The molecule has 0 saturated heterocycles. The standard InChI is InChI=1S/C24H34N2O3S/c1-7-23(21-11-10-19(4)20(5)16-21)25-24(27)9-8-12-26(30(6,28)29)22-14-17(2)13-18(3)15-22/h10-11,13-16,23H,7-9,12H2,1-6H3,(H,25,27). The number of sulfonamides is 1. The highest BCUT2D eigenvalue weighted by atomic mass is 32.2. The first-order valence-electron chi connectivity index (χ1n) is 10.4. The normalized spacial score (nSPS) is 12.5. The molecule has 2 aromatic carbocycles. The lowest BCUT2D eigenvalue weighted by Gasteiger charge is -2.24. The van der Waals surface area contributed by atoms with Crippen LogP contribution in [0, 0.1) is 27.7 Å². The summed E-state index contributed by atoms with van der Waals surface area (Å²) >= 11 is 0. The smallest absolute Gasteiger partial charge is 0.232 e. The molecular formula is C24H34N2O3S. The summed E-state index contributed by atoms with van der Waals surface area (Å²) in [5.41, 5.74) is 6.20. The Kier molecular flexibility index (Phi) is 8.07. The largest absolute Gasteiger partial charge is 0.349 e. The maximum atomic E-state index is 12.5. The van der Waals surface area contributed by atoms with Crippen LogP contribution in [0.1, 0.15) is 60.0 Å². The molecule has 2 rings (SSSR count). The number of carbonyl (C=O) groups excluding carboxylic acids is 1. The number of carbonyl (C=O) groups is 1. The summed E-state index contributed by atoms with van der Waals surface area (Å²) in [5.74, 6) is -0.0612. The van der Waals surface area contributed by atoms with E-state index < -0.39 is 10.0 Å². The Bertz CT molecular complexity index is 979. The quantitative estimate of drug-likeness (QED) is 0.625. The van der Waals surface area contributed by atoms with Crippen molar-refractivity contribution in [1.29, 1.82) is 0 Å². The van der Waals surface area contributed by atoms with E-state index in [1.807, 2.05) is 39.0 Å². The maximum absolute atomic E-state index is 12.5. The minimum Gasteiger partial charge on any atom is -0.349 e. The number of nitrogens with zero attached hydrogens (tertiary/aromatic N) is 1. The van der Waals surface area contributed by atoms with E-state index in [0.29, 0.717) is 12.1 Å². The molecular weight excluding hydrogens is 396 g/mol. The molecule has 5 nitrogen and oxygen atoms in total. The number of rotatable bonds is 9. The van der Waals surface area contributed by atoms with E-state index in [0.717, 1.165) is 23.1 Å². The minimum atomic E-state index is -3.43. The molecule has 0 aliphatic carbocycles. The highest BCUT2D eigenvalue weighted by Gasteiger charge is 2.19. The van der Waals surface area contributed by atoms with Crippen LogP contribution in [0.25, 0.3) is 0 Å². The van der Waals surface area contributed by atoms with Crippen LogP contribution in [0.4, 0.5) is 5.69 Å². The molecule has 1 amide bonds. The molecule has 2 aromatic rings. The van der Waals surface area contributed by atoms with Crippen molar-refractivity contribution in [3.63, 3.8) is 0 Å². The molecule has 0 aromatic heterocycles. The van der Waals surface area contributed by atoms with Crippen LogP contribution in [0.5, 0.6) is 0 Å². The predicted molar refractivity (Wildman–Crippen MR) is 124 cm³/mol. The lowest BCUT2D eigenvalue weighted by molar-refractivity contribution is -0.121. The van der Waals surface area contributed by atoms with Gasteiger partial charge in [0.05, 0.1) is 18.0 Å². The SMILES string of the molecule is CCC(NC(=O)CCCN(c1cc(C)cc(C)c1)S(C)(=O)=O)c1ccc(C)c(C)c1. The molecule has 0 fully saturated rings. The highest BCUT2D eigenvalue weighted by Crippen LogP contribution is 2.23. The summed E-state index contributed by atoms with van der Waals surface area (Å²) in [6, 6.07) is 11.9. The van der Waals surface area contributed by atoms with Crippen molar-refractivity contribution in [2.75, 3.05) is 17.1 Å². The zero-order valence-electron chi connectivity index (χ0n) is 19.0. The Balaban J connectivity index is 2.02. The number of anilines is 1. The monoisotopic (exact) mass is 430 g/mol. The van der Waals surface area contributed by atoms with Crippen LogP contribution in [0.15, 0.2) is 36.4 Å². The summed E-state index contributed by atoms with van der Waals surface area (Å²) in [7, 11) is -3.43. The molecule has 1 N–H and O–H groups in total. The molecule has 1 unspecified atom stereocenters. The first kappa shape index (κ1) is 23.9. The van der Waals surface area contributed by atoms with Crippen LogP contribution < -0.4 is 9.62 Å². The van der Waals surface area contributed by atoms with Crippen molar-refractivity contribution in [2.45, 2.75) is 59.9 Å². The van der Waals surface area contributed by atoms with Crippen LogP contribution >= 0.6 is 0 Å². The number of hydrogen-bond donors (Lipinski definition) is 1. The molecule has 0 aliphatic heterocycles. The Morgan fingerprint density at radius 3 is 2.17 bits per heavy atom. The van der Waals surface area contributed by atoms with Crippen LogP contribution in [-0.4, -0.2) is 27.1 Å². The highest BCUT2D eigenvalue weighted by molar-refractivity contribution is 7.92. The minimum absolute atomic E-state index is 0.0396. The van der Waals surface area contributed by atoms with Gasteiger partial charge in [-0.15, -0.1) is 0 Å². The zero-order valence-corrected chi connectivity index (χ0v) is 19.8. The van der Waals surface area contributed by atoms with Gasteiger partial charge in [-0.2, -0.15) is 0 Å². The van der Waals surface area contributed by atoms with Crippen molar-refractivity contribution < 1.29 is 13.2 Å². The first-order valence-corrected chi connectivity index (χ1v) is 12.3. The third-order valence-corrected chi connectivity index (χ3v) is 6.53. The third-order valence-electron chi connectivity index (χ3n) is 5.34. The van der Waals surface area contributed by atoms with Crippen molar-refractivity contribution >= 4 is 21.6 Å². The summed E-state index contributed by atoms with van der Waals surface area (Å²) in [5, 5.41) is 3.09. The maximum Gasteiger partial charge on any atom is 0.232 e. The molecule has 1 atom stereocenters. The van der Waals surface area contributed by atoms with Crippen molar-refractivity contribution in [1.82, 2.24) is 5.32 Å². The Morgan fingerprint density at radius 2 is 1.63 bits per heavy atom. The molecule has 0 aliphatic rings. The Morgan fingerprint density at radius 1 is 1.00 bits per heavy atom. The van der Waals surface area contributed by atoms with E-state index in [2.05, 4.69) is 37.4 Å². The van der Waals surface area contributed by atoms with E-state index >= 15 is 0 Å². The average molecular weight is 431 g/mol. The fraction of sp³-hybridized carbons (Fsp3) is 0.458. The molecule has 0 bridgehead atoms. The van der Waals surface area contributed by atoms with E-state index in [1.54, 1.807) is 0 Å². The number of aryl methyl sites for hydroxylation is 4. The van der Waals surface area contributed by atoms with Gasteiger partial charge in [-0.3, -0.25) is 9.10 Å². The summed E-state index contributed by atoms with van der Waals surface area (Å²) < 4.78 is 26.0. The van der Waals surface area contributed by atoms with Gasteiger partial charge in [0.1, 0.15) is 0 Å². The second-order valence-electron chi connectivity index (χ2n) is 8.16. The summed E-state index contributed by atoms with van der Waals surface area (Å²) in [4.78, 5) is 12.5. The molecule has 6 heteroatoms. The summed E-state index contributed by atoms with van der Waals surface area (Å²) in [6.07, 6.45) is 2.73. The third kappa shape index (κ3) is 6.59. The fourth-order valence-electron chi connectivity index (χ4n) is 3.63. The molecule has 0 saturated carbocycles. The molecule has 0 heterocycles. The van der Waals surface area contributed by atoms with Gasteiger partial charge in [0, 0.05) is 13.0 Å². The van der Waals surface area contributed by atoms with Gasteiger partial charge in [-0.05, 0) is 80.5 Å². The fourth-order valence-corrected chi connectivity index (χ4v) is 4.58. The number of amides is 1. The zero-order chi connectivity index (χ0) is 22.5. The topological polar surface area (TPSA) is 66.5 Å². The van der Waals surface area contributed by atoms with Gasteiger partial charge in [0.15, 0.2) is 0 Å². The second-order valence-corrected chi connectivity index (χ2v) is 10.1. The Labute approximate surface area is 181 Å². The molecule has 164 valence electrons. The van der Waals surface area contributed by atoms with Gasteiger partial charge >= 0.3 is 0 Å². The predicted octanol–water partition coefficient (Wildman–Crippen LogP) is 4.73. The van der Waals surface area contributed by atoms with Crippen molar-refractivity contribution in [3.05, 3.63) is 64.2 Å². The van der Waals surface area contributed by atoms with Gasteiger partial charge < -0.3 is 5.32 Å².